The molecule has 1 aliphatic rings. The largest absolute Gasteiger partial charge is 0.360 e. The van der Waals surface area contributed by atoms with E-state index in [0.717, 1.165) is 63.7 Å². The molecule has 0 saturated carbocycles. The van der Waals surface area contributed by atoms with Gasteiger partial charge in [0.05, 0.1) is 11.9 Å². The summed E-state index contributed by atoms with van der Waals surface area (Å²) < 4.78 is 7.44. The van der Waals surface area contributed by atoms with Crippen LogP contribution in [-0.4, -0.2) is 27.9 Å². The monoisotopic (exact) mass is 399 g/mol. The lowest BCUT2D eigenvalue weighted by atomic mass is 9.98. The van der Waals surface area contributed by atoms with Crippen LogP contribution in [0.25, 0.3) is 22.3 Å². The summed E-state index contributed by atoms with van der Waals surface area (Å²) in [6.45, 7) is 2.74. The van der Waals surface area contributed by atoms with Gasteiger partial charge in [-0.25, -0.2) is 0 Å². The predicted octanol–water partition coefficient (Wildman–Crippen LogP) is 4.31. The van der Waals surface area contributed by atoms with Gasteiger partial charge in [0, 0.05) is 60.0 Å². The van der Waals surface area contributed by atoms with Gasteiger partial charge in [-0.3, -0.25) is 9.48 Å². The Balaban J connectivity index is 1.66. The molecule has 150 valence electrons. The van der Waals surface area contributed by atoms with E-state index < -0.39 is 0 Å². The third-order valence-electron chi connectivity index (χ3n) is 5.50. The first-order chi connectivity index (χ1) is 14.6. The Bertz CT molecular complexity index is 1220. The highest BCUT2D eigenvalue weighted by molar-refractivity contribution is 5.89. The van der Waals surface area contributed by atoms with Crippen molar-refractivity contribution in [2.75, 3.05) is 16.8 Å². The summed E-state index contributed by atoms with van der Waals surface area (Å²) in [6, 6.07) is 14.3. The maximum atomic E-state index is 10.7. The van der Waals surface area contributed by atoms with Gasteiger partial charge in [0.15, 0.2) is 0 Å². The molecule has 0 bridgehead atoms. The van der Waals surface area contributed by atoms with Crippen LogP contribution in [0.1, 0.15) is 11.5 Å². The van der Waals surface area contributed by atoms with E-state index in [1.165, 1.54) is 0 Å². The summed E-state index contributed by atoms with van der Waals surface area (Å²) in [4.78, 5) is 13.0. The lowest BCUT2D eigenvalue weighted by Crippen LogP contribution is -2.19. The maximum absolute atomic E-state index is 10.7. The molecule has 7 nitrogen and oxygen atoms in total. The average molecular weight is 399 g/mol. The Morgan fingerprint density at radius 1 is 1.13 bits per heavy atom. The highest BCUT2D eigenvalue weighted by Gasteiger charge is 2.26. The minimum atomic E-state index is 0.685. The number of rotatable bonds is 4. The van der Waals surface area contributed by atoms with Crippen molar-refractivity contribution in [3.63, 3.8) is 0 Å². The molecule has 1 amide bonds. The minimum Gasteiger partial charge on any atom is -0.360 e. The van der Waals surface area contributed by atoms with Crippen LogP contribution in [0.4, 0.5) is 17.1 Å². The highest BCUT2D eigenvalue weighted by Crippen LogP contribution is 2.43. The van der Waals surface area contributed by atoms with Gasteiger partial charge in [-0.2, -0.15) is 5.10 Å². The molecule has 7 heteroatoms. The molecule has 0 saturated heterocycles. The van der Waals surface area contributed by atoms with Crippen LogP contribution in [0, 0.1) is 6.92 Å². The molecular weight excluding hydrogens is 378 g/mol. The maximum Gasteiger partial charge on any atom is 0.211 e. The van der Waals surface area contributed by atoms with Crippen LogP contribution < -0.4 is 10.2 Å². The van der Waals surface area contributed by atoms with Crippen LogP contribution in [0.3, 0.4) is 0 Å². The third-order valence-corrected chi connectivity index (χ3v) is 5.50. The van der Waals surface area contributed by atoms with Crippen molar-refractivity contribution in [2.45, 2.75) is 13.3 Å². The van der Waals surface area contributed by atoms with Crippen LogP contribution in [0.2, 0.25) is 0 Å². The van der Waals surface area contributed by atoms with E-state index in [0.29, 0.717) is 6.41 Å². The van der Waals surface area contributed by atoms with E-state index in [1.54, 1.807) is 4.68 Å². The number of benzene rings is 2. The minimum absolute atomic E-state index is 0.685. The first-order valence-corrected chi connectivity index (χ1v) is 9.80. The second-order valence-corrected chi connectivity index (χ2v) is 7.41. The fraction of sp³-hybridized carbons (Fsp3) is 0.174. The highest BCUT2D eigenvalue weighted by atomic mass is 16.5. The zero-order valence-corrected chi connectivity index (χ0v) is 16.8. The number of anilines is 3. The summed E-state index contributed by atoms with van der Waals surface area (Å²) in [7, 11) is 1.92. The first kappa shape index (κ1) is 18.2. The quantitative estimate of drug-likeness (QED) is 0.518. The van der Waals surface area contributed by atoms with Gasteiger partial charge in [-0.05, 0) is 42.8 Å². The molecular formula is C23H21N5O2. The number of amides is 1. The molecule has 3 heterocycles. The third kappa shape index (κ3) is 3.04. The molecule has 0 spiro atoms. The molecule has 0 atom stereocenters. The van der Waals surface area contributed by atoms with Crippen LogP contribution in [-0.2, 0) is 18.3 Å². The number of hydrogen-bond donors (Lipinski definition) is 1. The molecule has 0 unspecified atom stereocenters. The normalized spacial score (nSPS) is 12.8. The average Bonchev–Trinajstić information content (AvgIpc) is 3.30. The zero-order valence-electron chi connectivity index (χ0n) is 16.8. The second kappa shape index (κ2) is 7.18. The van der Waals surface area contributed by atoms with E-state index >= 15 is 0 Å². The van der Waals surface area contributed by atoms with Gasteiger partial charge >= 0.3 is 0 Å². The van der Waals surface area contributed by atoms with Crippen LogP contribution >= 0.6 is 0 Å². The summed E-state index contributed by atoms with van der Waals surface area (Å²) in [6.07, 6.45) is 5.32. The SMILES string of the molecule is Cc1noc2c1-c1ccc(-c3cnn(C)c3)cc1N(c1ccc(NC=O)cc1)CC2. The summed E-state index contributed by atoms with van der Waals surface area (Å²) in [5, 5.41) is 11.2. The van der Waals surface area contributed by atoms with Crippen molar-refractivity contribution in [1.29, 1.82) is 0 Å². The fourth-order valence-electron chi connectivity index (χ4n) is 4.06. The van der Waals surface area contributed by atoms with Gasteiger partial charge < -0.3 is 14.7 Å². The van der Waals surface area contributed by atoms with Gasteiger partial charge in [0.2, 0.25) is 6.41 Å². The molecule has 4 aromatic rings. The summed E-state index contributed by atoms with van der Waals surface area (Å²) in [5.41, 5.74) is 8.14. The van der Waals surface area contributed by atoms with E-state index in [4.69, 9.17) is 4.52 Å². The molecule has 30 heavy (non-hydrogen) atoms. The first-order valence-electron chi connectivity index (χ1n) is 9.80. The summed E-state index contributed by atoms with van der Waals surface area (Å²) >= 11 is 0. The van der Waals surface area contributed by atoms with Crippen molar-refractivity contribution in [2.24, 2.45) is 7.05 Å². The topological polar surface area (TPSA) is 76.2 Å². The molecule has 2 aromatic carbocycles. The number of hydrogen-bond acceptors (Lipinski definition) is 5. The lowest BCUT2D eigenvalue weighted by molar-refractivity contribution is -0.105. The molecule has 5 rings (SSSR count). The van der Waals surface area contributed by atoms with Gasteiger partial charge in [0.25, 0.3) is 0 Å². The number of carbonyl (C=O) groups is 1. The van der Waals surface area contributed by atoms with E-state index in [9.17, 15) is 4.79 Å². The van der Waals surface area contributed by atoms with Gasteiger partial charge in [-0.1, -0.05) is 17.3 Å². The van der Waals surface area contributed by atoms with Gasteiger partial charge in [0.1, 0.15) is 5.76 Å². The Morgan fingerprint density at radius 2 is 1.97 bits per heavy atom. The van der Waals surface area contributed by atoms with Crippen LogP contribution in [0.15, 0.2) is 59.4 Å². The van der Waals surface area contributed by atoms with Crippen molar-refractivity contribution in [3.05, 3.63) is 66.3 Å². The van der Waals surface area contributed by atoms with Gasteiger partial charge in [-0.15, -0.1) is 0 Å². The molecule has 0 aliphatic carbocycles. The molecule has 2 aromatic heterocycles. The smallest absolute Gasteiger partial charge is 0.211 e. The van der Waals surface area contributed by atoms with E-state index in [1.807, 2.05) is 50.6 Å². The van der Waals surface area contributed by atoms with Crippen molar-refractivity contribution >= 4 is 23.5 Å². The number of nitrogens with zero attached hydrogens (tertiary/aromatic N) is 4. The molecule has 0 fully saturated rings. The number of aryl methyl sites for hydroxylation is 2. The Labute approximate surface area is 173 Å². The second-order valence-electron chi connectivity index (χ2n) is 7.41. The fourth-order valence-corrected chi connectivity index (χ4v) is 4.06. The number of carbonyl (C=O) groups excluding carboxylic acids is 1. The standard InChI is InChI=1S/C23H21N5O2/c1-15-23-20-8-3-16(17-12-25-27(2)13-17)11-21(20)28(10-9-22(23)30-26-15)19-6-4-18(5-7-19)24-14-29/h3-8,11-14H,9-10H2,1-2H3,(H,24,29). The molecule has 0 radical (unpaired) electrons. The molecule has 1 N–H and O–H groups in total. The predicted molar refractivity (Wildman–Crippen MR) is 116 cm³/mol. The Kier molecular flexibility index (Phi) is 4.35. The Hall–Kier alpha value is -3.87. The number of nitrogens with one attached hydrogen (secondary N) is 1. The van der Waals surface area contributed by atoms with Crippen molar-refractivity contribution < 1.29 is 9.32 Å². The zero-order chi connectivity index (χ0) is 20.7. The van der Waals surface area contributed by atoms with Crippen molar-refractivity contribution in [3.8, 4) is 22.3 Å². The van der Waals surface area contributed by atoms with E-state index in [2.05, 4.69) is 38.7 Å². The lowest BCUT2D eigenvalue weighted by Gasteiger charge is -2.26. The number of fused-ring (bicyclic) bond motifs is 3. The Morgan fingerprint density at radius 3 is 2.70 bits per heavy atom. The molecule has 1 aliphatic heterocycles. The van der Waals surface area contributed by atoms with E-state index in [-0.39, 0.29) is 0 Å². The summed E-state index contributed by atoms with van der Waals surface area (Å²) in [5.74, 6) is 0.907. The number of aromatic nitrogens is 3. The van der Waals surface area contributed by atoms with Crippen LogP contribution in [0.5, 0.6) is 0 Å². The van der Waals surface area contributed by atoms with Crippen molar-refractivity contribution in [1.82, 2.24) is 14.9 Å².